The predicted molar refractivity (Wildman–Crippen MR) is 66.0 cm³/mol. The van der Waals surface area contributed by atoms with E-state index in [1.54, 1.807) is 24.3 Å². The van der Waals surface area contributed by atoms with Crippen molar-refractivity contribution in [1.29, 1.82) is 0 Å². The van der Waals surface area contributed by atoms with E-state index < -0.39 is 11.0 Å². The highest BCUT2D eigenvalue weighted by molar-refractivity contribution is 7.82. The topological polar surface area (TPSA) is 52.6 Å². The van der Waals surface area contributed by atoms with Gasteiger partial charge < -0.3 is 10.4 Å². The number of phenolic OH excluding ortho intramolecular Hbond substituents is 1. The number of nitrogens with one attached hydrogen (secondary N) is 1. The third kappa shape index (κ3) is 1.99. The molecule has 4 nitrogen and oxygen atoms in total. The van der Waals surface area contributed by atoms with Gasteiger partial charge in [-0.2, -0.15) is 0 Å². The monoisotopic (exact) mass is 252 g/mol. The number of fused-ring (bicyclic) bond motifs is 2. The van der Waals surface area contributed by atoms with E-state index in [-0.39, 0.29) is 5.75 Å². The second-order valence-corrected chi connectivity index (χ2v) is 6.04. The van der Waals surface area contributed by atoms with Crippen molar-refractivity contribution in [2.75, 3.05) is 13.1 Å². The van der Waals surface area contributed by atoms with Crippen LogP contribution in [0.15, 0.2) is 29.2 Å². The van der Waals surface area contributed by atoms with Crippen molar-refractivity contribution < 1.29 is 9.32 Å². The van der Waals surface area contributed by atoms with E-state index in [2.05, 4.69) is 9.62 Å². The Morgan fingerprint density at radius 1 is 1.18 bits per heavy atom. The molecule has 3 unspecified atom stereocenters. The molecule has 1 aromatic carbocycles. The van der Waals surface area contributed by atoms with Gasteiger partial charge in [-0.3, -0.25) is 0 Å². The molecule has 2 heterocycles. The molecule has 17 heavy (non-hydrogen) atoms. The minimum Gasteiger partial charge on any atom is -0.508 e. The zero-order valence-corrected chi connectivity index (χ0v) is 10.3. The lowest BCUT2D eigenvalue weighted by Crippen LogP contribution is -2.52. The van der Waals surface area contributed by atoms with Crippen molar-refractivity contribution in [1.82, 2.24) is 9.62 Å². The van der Waals surface area contributed by atoms with E-state index in [0.29, 0.717) is 12.1 Å². The van der Waals surface area contributed by atoms with Crippen molar-refractivity contribution in [3.63, 3.8) is 0 Å². The molecule has 2 aliphatic rings. The van der Waals surface area contributed by atoms with E-state index in [4.69, 9.17) is 0 Å². The third-order valence-electron chi connectivity index (χ3n) is 3.54. The molecule has 92 valence electrons. The molecule has 3 rings (SSSR count). The molecular weight excluding hydrogens is 236 g/mol. The molecule has 0 amide bonds. The van der Waals surface area contributed by atoms with Crippen LogP contribution in [0.1, 0.15) is 12.8 Å². The lowest BCUT2D eigenvalue weighted by atomic mass is 10.2. The highest BCUT2D eigenvalue weighted by Crippen LogP contribution is 2.30. The van der Waals surface area contributed by atoms with Gasteiger partial charge in [-0.25, -0.2) is 8.51 Å². The summed E-state index contributed by atoms with van der Waals surface area (Å²) in [7, 11) is -1.09. The number of rotatable bonds is 2. The highest BCUT2D eigenvalue weighted by atomic mass is 32.2. The molecule has 3 atom stereocenters. The minimum atomic E-state index is -1.09. The van der Waals surface area contributed by atoms with Gasteiger partial charge in [0.1, 0.15) is 16.7 Å². The van der Waals surface area contributed by atoms with Gasteiger partial charge >= 0.3 is 0 Å². The van der Waals surface area contributed by atoms with Gasteiger partial charge in [0.2, 0.25) is 0 Å². The summed E-state index contributed by atoms with van der Waals surface area (Å²) in [6, 6.07) is 7.46. The summed E-state index contributed by atoms with van der Waals surface area (Å²) < 4.78 is 14.6. The largest absolute Gasteiger partial charge is 0.508 e. The van der Waals surface area contributed by atoms with Crippen LogP contribution in [-0.2, 0) is 11.0 Å². The molecule has 2 saturated heterocycles. The van der Waals surface area contributed by atoms with Crippen molar-refractivity contribution >= 4 is 11.0 Å². The SMILES string of the molecule is O=S(c1ccc(O)cc1)N1C2CCC1CNC2. The number of nitrogens with zero attached hydrogens (tertiary/aromatic N) is 1. The van der Waals surface area contributed by atoms with Crippen LogP contribution >= 0.6 is 0 Å². The van der Waals surface area contributed by atoms with Gasteiger partial charge in [-0.15, -0.1) is 0 Å². The molecule has 2 fully saturated rings. The van der Waals surface area contributed by atoms with Crippen LogP contribution in [0.3, 0.4) is 0 Å². The van der Waals surface area contributed by atoms with Gasteiger partial charge in [-0.1, -0.05) is 0 Å². The Hall–Kier alpha value is -0.910. The number of phenols is 1. The lowest BCUT2D eigenvalue weighted by molar-refractivity contribution is 0.276. The van der Waals surface area contributed by atoms with E-state index >= 15 is 0 Å². The van der Waals surface area contributed by atoms with E-state index in [1.165, 1.54) is 0 Å². The highest BCUT2D eigenvalue weighted by Gasteiger charge is 2.40. The summed E-state index contributed by atoms with van der Waals surface area (Å²) in [4.78, 5) is 0.779. The maximum absolute atomic E-state index is 12.5. The number of aromatic hydroxyl groups is 1. The van der Waals surface area contributed by atoms with Gasteiger partial charge in [-0.05, 0) is 37.1 Å². The van der Waals surface area contributed by atoms with E-state index in [0.717, 1.165) is 30.8 Å². The van der Waals surface area contributed by atoms with Crippen LogP contribution in [-0.4, -0.2) is 38.8 Å². The van der Waals surface area contributed by atoms with Crippen molar-refractivity contribution in [2.45, 2.75) is 29.8 Å². The van der Waals surface area contributed by atoms with Crippen molar-refractivity contribution in [3.05, 3.63) is 24.3 Å². The smallest absolute Gasteiger partial charge is 0.128 e. The van der Waals surface area contributed by atoms with Crippen LogP contribution in [0.25, 0.3) is 0 Å². The first kappa shape index (κ1) is 11.2. The lowest BCUT2D eigenvalue weighted by Gasteiger charge is -2.33. The van der Waals surface area contributed by atoms with Gasteiger partial charge in [0, 0.05) is 25.2 Å². The number of hydrogen-bond acceptors (Lipinski definition) is 3. The summed E-state index contributed by atoms with van der Waals surface area (Å²) in [5.41, 5.74) is 0. The Bertz CT molecular complexity index is 419. The molecule has 2 aliphatic heterocycles. The number of piperazine rings is 1. The molecule has 0 aromatic heterocycles. The first-order valence-electron chi connectivity index (χ1n) is 5.95. The fraction of sp³-hybridized carbons (Fsp3) is 0.500. The van der Waals surface area contributed by atoms with Crippen molar-refractivity contribution in [3.8, 4) is 5.75 Å². The quantitative estimate of drug-likeness (QED) is 0.820. The van der Waals surface area contributed by atoms with Gasteiger partial charge in [0.15, 0.2) is 0 Å². The van der Waals surface area contributed by atoms with Gasteiger partial charge in [0.05, 0.1) is 4.90 Å². The molecule has 2 bridgehead atoms. The Morgan fingerprint density at radius 2 is 1.76 bits per heavy atom. The summed E-state index contributed by atoms with van der Waals surface area (Å²) in [5.74, 6) is 0.217. The Morgan fingerprint density at radius 3 is 2.35 bits per heavy atom. The number of hydrogen-bond donors (Lipinski definition) is 2. The van der Waals surface area contributed by atoms with Crippen molar-refractivity contribution in [2.24, 2.45) is 0 Å². The zero-order valence-electron chi connectivity index (χ0n) is 9.50. The third-order valence-corrected chi connectivity index (χ3v) is 5.20. The molecule has 5 heteroatoms. The second-order valence-electron chi connectivity index (χ2n) is 4.65. The van der Waals surface area contributed by atoms with Crippen LogP contribution in [0.2, 0.25) is 0 Å². The van der Waals surface area contributed by atoms with Crippen LogP contribution in [0.4, 0.5) is 0 Å². The normalized spacial score (nSPS) is 30.4. The summed E-state index contributed by atoms with van der Waals surface area (Å²) >= 11 is 0. The minimum absolute atomic E-state index is 0.217. The van der Waals surface area contributed by atoms with E-state index in [1.807, 2.05) is 0 Å². The fourth-order valence-electron chi connectivity index (χ4n) is 2.69. The number of benzene rings is 1. The standard InChI is InChI=1S/C12H16N2O2S/c15-11-3-5-12(6-4-11)17(16)14-9-1-2-10(14)8-13-7-9/h3-6,9-10,13,15H,1-2,7-8H2. The summed E-state index contributed by atoms with van der Waals surface area (Å²) in [6.45, 7) is 1.86. The Labute approximate surface area is 103 Å². The summed E-state index contributed by atoms with van der Waals surface area (Å²) in [5, 5.41) is 12.6. The van der Waals surface area contributed by atoms with E-state index in [9.17, 15) is 9.32 Å². The van der Waals surface area contributed by atoms with Crippen LogP contribution < -0.4 is 5.32 Å². The molecule has 0 aliphatic carbocycles. The second kappa shape index (κ2) is 4.40. The Kier molecular flexibility index (Phi) is 2.90. The van der Waals surface area contributed by atoms with Gasteiger partial charge in [0.25, 0.3) is 0 Å². The van der Waals surface area contributed by atoms with Crippen LogP contribution in [0, 0.1) is 0 Å². The molecule has 0 spiro atoms. The molecule has 1 aromatic rings. The molecular formula is C12H16N2O2S. The zero-order chi connectivity index (χ0) is 11.8. The average Bonchev–Trinajstić information content (AvgIpc) is 2.59. The Balaban J connectivity index is 1.84. The molecule has 2 N–H and O–H groups in total. The fourth-order valence-corrected chi connectivity index (χ4v) is 4.21. The maximum Gasteiger partial charge on any atom is 0.128 e. The maximum atomic E-state index is 12.5. The summed E-state index contributed by atoms with van der Waals surface area (Å²) in [6.07, 6.45) is 2.25. The first-order valence-corrected chi connectivity index (χ1v) is 7.06. The molecule has 0 radical (unpaired) electrons. The average molecular weight is 252 g/mol. The van der Waals surface area contributed by atoms with Crippen LogP contribution in [0.5, 0.6) is 5.75 Å². The first-order chi connectivity index (χ1) is 8.25. The predicted octanol–water partition coefficient (Wildman–Crippen LogP) is 0.851. The molecule has 0 saturated carbocycles.